The Morgan fingerprint density at radius 3 is 1.92 bits per heavy atom. The minimum atomic E-state index is -1.53. The number of hydrogen-bond donors (Lipinski definition) is 8. The molecule has 0 aliphatic heterocycles. The largest absolute Gasteiger partial charge is 0.480 e. The first-order chi connectivity index (χ1) is 16.9. The maximum atomic E-state index is 12.7. The number of carboxylic acids is 1. The summed E-state index contributed by atoms with van der Waals surface area (Å²) in [5, 5.41) is 37.5. The SMILES string of the molecule is C[C@H](O)[C@@H](NC(=O)[C@@H](C)NC(=O)[C@H](CS)Cc1ccccc1)C(=O)N[C@H](CO)C(=O)N[C@H](C)C(=O)O. The minimum Gasteiger partial charge on any atom is -0.480 e. The third-order valence-corrected chi connectivity index (χ3v) is 5.72. The standard InChI is InChI=1S/C23H34N4O8S/c1-12(24-20(31)16(11-36)9-15-7-5-4-6-8-15)19(30)27-18(14(3)29)22(33)26-17(10-28)21(32)25-13(2)23(34)35/h4-8,12-14,16-18,28-29,36H,9-11H2,1-3H3,(H,24,31)(H,25,32)(H,26,33)(H,27,30)(H,34,35)/t12-,13-,14+,16+,17-,18-/m1/s1. The molecular formula is C23H34N4O8S. The highest BCUT2D eigenvalue weighted by molar-refractivity contribution is 7.80. The monoisotopic (exact) mass is 526 g/mol. The molecule has 0 spiro atoms. The van der Waals surface area contributed by atoms with Crippen LogP contribution in [0.25, 0.3) is 0 Å². The highest BCUT2D eigenvalue weighted by atomic mass is 32.1. The van der Waals surface area contributed by atoms with E-state index >= 15 is 0 Å². The van der Waals surface area contributed by atoms with Crippen LogP contribution in [0.1, 0.15) is 26.3 Å². The molecule has 0 unspecified atom stereocenters. The second-order valence-electron chi connectivity index (χ2n) is 8.34. The van der Waals surface area contributed by atoms with Crippen molar-refractivity contribution in [2.24, 2.45) is 5.92 Å². The van der Waals surface area contributed by atoms with Crippen molar-refractivity contribution in [3.8, 4) is 0 Å². The zero-order chi connectivity index (χ0) is 27.4. The molecule has 0 radical (unpaired) electrons. The molecule has 0 bridgehead atoms. The first-order valence-corrected chi connectivity index (χ1v) is 11.9. The van der Waals surface area contributed by atoms with Gasteiger partial charge in [-0.2, -0.15) is 12.6 Å². The summed E-state index contributed by atoms with van der Waals surface area (Å²) < 4.78 is 0. The Morgan fingerprint density at radius 2 is 1.42 bits per heavy atom. The van der Waals surface area contributed by atoms with Crippen molar-refractivity contribution >= 4 is 42.2 Å². The van der Waals surface area contributed by atoms with Crippen molar-refractivity contribution in [3.05, 3.63) is 35.9 Å². The fourth-order valence-corrected chi connectivity index (χ4v) is 3.35. The van der Waals surface area contributed by atoms with Crippen molar-refractivity contribution in [2.45, 2.75) is 57.5 Å². The quantitative estimate of drug-likeness (QED) is 0.130. The molecule has 0 saturated heterocycles. The molecule has 7 N–H and O–H groups in total. The average molecular weight is 527 g/mol. The summed E-state index contributed by atoms with van der Waals surface area (Å²) in [5.41, 5.74) is 0.926. The number of amides is 4. The Balaban J connectivity index is 2.77. The summed E-state index contributed by atoms with van der Waals surface area (Å²) in [6, 6.07) is 3.88. The number of aliphatic carboxylic acids is 1. The number of carboxylic acid groups (broad SMARTS) is 1. The summed E-state index contributed by atoms with van der Waals surface area (Å²) in [6.07, 6.45) is -0.991. The zero-order valence-corrected chi connectivity index (χ0v) is 21.2. The van der Waals surface area contributed by atoms with Gasteiger partial charge < -0.3 is 36.6 Å². The summed E-state index contributed by atoms with van der Waals surface area (Å²) >= 11 is 4.22. The third-order valence-electron chi connectivity index (χ3n) is 5.28. The average Bonchev–Trinajstić information content (AvgIpc) is 2.83. The Kier molecular flexibility index (Phi) is 12.9. The van der Waals surface area contributed by atoms with Crippen LogP contribution in [-0.4, -0.2) is 87.5 Å². The lowest BCUT2D eigenvalue weighted by Crippen LogP contribution is -2.60. The number of carbonyl (C=O) groups is 5. The van der Waals surface area contributed by atoms with E-state index in [1.54, 1.807) is 0 Å². The van der Waals surface area contributed by atoms with Crippen molar-refractivity contribution in [1.82, 2.24) is 21.3 Å². The van der Waals surface area contributed by atoms with Crippen LogP contribution in [0.5, 0.6) is 0 Å². The number of hydrogen-bond acceptors (Lipinski definition) is 8. The molecule has 1 aromatic carbocycles. The molecule has 200 valence electrons. The van der Waals surface area contributed by atoms with Gasteiger partial charge in [-0.3, -0.25) is 24.0 Å². The molecule has 36 heavy (non-hydrogen) atoms. The number of aliphatic hydroxyl groups excluding tert-OH is 2. The highest BCUT2D eigenvalue weighted by Crippen LogP contribution is 2.11. The van der Waals surface area contributed by atoms with Gasteiger partial charge in [0, 0.05) is 5.75 Å². The van der Waals surface area contributed by atoms with Crippen LogP contribution in [0.2, 0.25) is 0 Å². The lowest BCUT2D eigenvalue weighted by molar-refractivity contribution is -0.142. The van der Waals surface area contributed by atoms with Gasteiger partial charge in [0.1, 0.15) is 24.2 Å². The van der Waals surface area contributed by atoms with Crippen LogP contribution < -0.4 is 21.3 Å². The van der Waals surface area contributed by atoms with Crippen LogP contribution in [-0.2, 0) is 30.4 Å². The molecule has 0 fully saturated rings. The second kappa shape index (κ2) is 15.1. The van der Waals surface area contributed by atoms with Crippen molar-refractivity contribution in [3.63, 3.8) is 0 Å². The van der Waals surface area contributed by atoms with E-state index in [1.165, 1.54) is 20.8 Å². The van der Waals surface area contributed by atoms with Crippen molar-refractivity contribution in [1.29, 1.82) is 0 Å². The van der Waals surface area contributed by atoms with Crippen LogP contribution >= 0.6 is 12.6 Å². The first-order valence-electron chi connectivity index (χ1n) is 11.3. The van der Waals surface area contributed by atoms with Crippen LogP contribution in [0.4, 0.5) is 0 Å². The van der Waals surface area contributed by atoms with Crippen LogP contribution in [0, 0.1) is 5.92 Å². The van der Waals surface area contributed by atoms with Gasteiger partial charge >= 0.3 is 5.97 Å². The van der Waals surface area contributed by atoms with Crippen LogP contribution in [0.15, 0.2) is 30.3 Å². The number of benzene rings is 1. The number of thiol groups is 1. The van der Waals surface area contributed by atoms with Crippen molar-refractivity contribution in [2.75, 3.05) is 12.4 Å². The molecule has 0 heterocycles. The van der Waals surface area contributed by atoms with Gasteiger partial charge in [0.25, 0.3) is 0 Å². The molecule has 4 amide bonds. The smallest absolute Gasteiger partial charge is 0.325 e. The van der Waals surface area contributed by atoms with Crippen molar-refractivity contribution < 1.29 is 39.3 Å². The predicted molar refractivity (Wildman–Crippen MR) is 133 cm³/mol. The Morgan fingerprint density at radius 1 is 0.833 bits per heavy atom. The van der Waals surface area contributed by atoms with Gasteiger partial charge in [-0.1, -0.05) is 30.3 Å². The van der Waals surface area contributed by atoms with E-state index in [0.29, 0.717) is 6.42 Å². The Hall–Kier alpha value is -3.16. The molecule has 13 heteroatoms. The van der Waals surface area contributed by atoms with E-state index in [2.05, 4.69) is 33.9 Å². The topological polar surface area (TPSA) is 194 Å². The van der Waals surface area contributed by atoms with E-state index in [-0.39, 0.29) is 5.75 Å². The number of carbonyl (C=O) groups excluding carboxylic acids is 4. The molecule has 1 aromatic rings. The first kappa shape index (κ1) is 30.9. The van der Waals surface area contributed by atoms with Gasteiger partial charge in [-0.05, 0) is 32.8 Å². The van der Waals surface area contributed by atoms with Crippen LogP contribution in [0.3, 0.4) is 0 Å². The molecule has 0 aliphatic carbocycles. The zero-order valence-electron chi connectivity index (χ0n) is 20.3. The maximum Gasteiger partial charge on any atom is 0.325 e. The molecule has 0 aromatic heterocycles. The molecule has 1 rings (SSSR count). The normalized spacial score (nSPS) is 15.8. The number of nitrogens with one attached hydrogen (secondary N) is 4. The highest BCUT2D eigenvalue weighted by Gasteiger charge is 2.32. The van der Waals surface area contributed by atoms with Gasteiger partial charge in [-0.25, -0.2) is 0 Å². The third kappa shape index (κ3) is 9.84. The molecule has 6 atom stereocenters. The van der Waals surface area contributed by atoms with E-state index < -0.39 is 72.4 Å². The lowest BCUT2D eigenvalue weighted by Gasteiger charge is -2.26. The molecule has 0 aliphatic rings. The van der Waals surface area contributed by atoms with Gasteiger partial charge in [-0.15, -0.1) is 0 Å². The second-order valence-corrected chi connectivity index (χ2v) is 8.70. The summed E-state index contributed by atoms with van der Waals surface area (Å²) in [4.78, 5) is 61.0. The summed E-state index contributed by atoms with van der Waals surface area (Å²) in [5.74, 6) is -4.75. The van der Waals surface area contributed by atoms with Gasteiger partial charge in [0.05, 0.1) is 18.6 Å². The summed E-state index contributed by atoms with van der Waals surface area (Å²) in [7, 11) is 0. The number of aliphatic hydroxyl groups is 2. The van der Waals surface area contributed by atoms with E-state index in [4.69, 9.17) is 5.11 Å². The fraction of sp³-hybridized carbons (Fsp3) is 0.522. The van der Waals surface area contributed by atoms with Gasteiger partial charge in [0.2, 0.25) is 23.6 Å². The lowest BCUT2D eigenvalue weighted by atomic mass is 10.00. The molecule has 0 saturated carbocycles. The maximum absolute atomic E-state index is 12.7. The fourth-order valence-electron chi connectivity index (χ4n) is 3.05. The molecular weight excluding hydrogens is 492 g/mol. The summed E-state index contributed by atoms with van der Waals surface area (Å²) in [6.45, 7) is 2.97. The van der Waals surface area contributed by atoms with Gasteiger partial charge in [0.15, 0.2) is 0 Å². The van der Waals surface area contributed by atoms with E-state index in [1.807, 2.05) is 30.3 Å². The van der Waals surface area contributed by atoms with E-state index in [9.17, 15) is 34.2 Å². The Bertz CT molecular complexity index is 915. The van der Waals surface area contributed by atoms with E-state index in [0.717, 1.165) is 5.56 Å². The predicted octanol–water partition coefficient (Wildman–Crippen LogP) is -1.79. The minimum absolute atomic E-state index is 0.235. The number of rotatable bonds is 14. The molecule has 12 nitrogen and oxygen atoms in total. The Labute approximate surface area is 214 Å².